The van der Waals surface area contributed by atoms with Gasteiger partial charge in [0.2, 0.25) is 0 Å². The summed E-state index contributed by atoms with van der Waals surface area (Å²) in [7, 11) is 0. The van der Waals surface area contributed by atoms with Gasteiger partial charge in [-0.15, -0.1) is 0 Å². The number of aliphatic hydroxyl groups is 1. The fourth-order valence-electron chi connectivity index (χ4n) is 2.88. The molecule has 0 amide bonds. The molecule has 4 heteroatoms. The Labute approximate surface area is 139 Å². The zero-order valence-electron chi connectivity index (χ0n) is 12.9. The van der Waals surface area contributed by atoms with E-state index < -0.39 is 6.10 Å². The lowest BCUT2D eigenvalue weighted by Crippen LogP contribution is -2.00. The van der Waals surface area contributed by atoms with E-state index in [1.54, 1.807) is 30.5 Å². The minimum absolute atomic E-state index is 0.143. The molecule has 118 valence electrons. The van der Waals surface area contributed by atoms with Gasteiger partial charge in [-0.2, -0.15) is 5.10 Å². The molecule has 0 fully saturated rings. The molecule has 4 rings (SSSR count). The molecule has 1 unspecified atom stereocenters. The standard InChI is InChI=1S/C20H16N2O2/c23-18-8-4-5-14(12-18)20(24)15-9-10-19-16(11-15)13-21-22(19)17-6-2-1-3-7-17/h1-13,20,23-24H. The SMILES string of the molecule is Oc1cccc(C(O)c2ccc3c(cnn3-c3ccccc3)c2)c1. The van der Waals surface area contributed by atoms with Crippen molar-refractivity contribution in [3.63, 3.8) is 0 Å². The van der Waals surface area contributed by atoms with Crippen LogP contribution in [0.15, 0.2) is 79.0 Å². The second-order valence-corrected chi connectivity index (χ2v) is 5.71. The number of aromatic nitrogens is 2. The van der Waals surface area contributed by atoms with Crippen LogP contribution in [0, 0.1) is 0 Å². The molecule has 1 heterocycles. The smallest absolute Gasteiger partial charge is 0.115 e. The zero-order chi connectivity index (χ0) is 16.5. The minimum atomic E-state index is -0.790. The van der Waals surface area contributed by atoms with Gasteiger partial charge >= 0.3 is 0 Å². The normalized spacial score (nSPS) is 12.4. The van der Waals surface area contributed by atoms with Gasteiger partial charge in [0.15, 0.2) is 0 Å². The van der Waals surface area contributed by atoms with Crippen LogP contribution >= 0.6 is 0 Å². The van der Waals surface area contributed by atoms with Gasteiger partial charge in [0.1, 0.15) is 11.9 Å². The average molecular weight is 316 g/mol. The van der Waals surface area contributed by atoms with Gasteiger partial charge in [0.25, 0.3) is 0 Å². The Morgan fingerprint density at radius 2 is 1.62 bits per heavy atom. The first-order valence-corrected chi connectivity index (χ1v) is 7.72. The van der Waals surface area contributed by atoms with E-state index in [1.807, 2.05) is 53.2 Å². The maximum Gasteiger partial charge on any atom is 0.115 e. The highest BCUT2D eigenvalue weighted by Gasteiger charge is 2.13. The number of phenolic OH excluding ortho intramolecular Hbond substituents is 1. The first-order valence-electron chi connectivity index (χ1n) is 7.72. The van der Waals surface area contributed by atoms with E-state index in [2.05, 4.69) is 5.10 Å². The Morgan fingerprint density at radius 1 is 0.833 bits per heavy atom. The molecule has 3 aromatic carbocycles. The predicted molar refractivity (Wildman–Crippen MR) is 93.2 cm³/mol. The van der Waals surface area contributed by atoms with Gasteiger partial charge < -0.3 is 10.2 Å². The van der Waals surface area contributed by atoms with Crippen LogP contribution in [0.25, 0.3) is 16.6 Å². The monoisotopic (exact) mass is 316 g/mol. The predicted octanol–water partition coefficient (Wildman–Crippen LogP) is 3.81. The van der Waals surface area contributed by atoms with E-state index in [0.29, 0.717) is 5.56 Å². The molecular weight excluding hydrogens is 300 g/mol. The lowest BCUT2D eigenvalue weighted by molar-refractivity contribution is 0.220. The summed E-state index contributed by atoms with van der Waals surface area (Å²) < 4.78 is 1.87. The van der Waals surface area contributed by atoms with Crippen LogP contribution in [0.1, 0.15) is 17.2 Å². The molecule has 4 nitrogen and oxygen atoms in total. The molecule has 0 spiro atoms. The molecule has 0 aliphatic rings. The maximum atomic E-state index is 10.6. The van der Waals surface area contributed by atoms with Crippen LogP contribution in [0.2, 0.25) is 0 Å². The molecule has 24 heavy (non-hydrogen) atoms. The van der Waals surface area contributed by atoms with Gasteiger partial charge in [-0.25, -0.2) is 4.68 Å². The molecule has 0 aliphatic carbocycles. The van der Waals surface area contributed by atoms with Crippen molar-refractivity contribution in [3.05, 3.63) is 90.1 Å². The Bertz CT molecular complexity index is 993. The van der Waals surface area contributed by atoms with Gasteiger partial charge in [-0.1, -0.05) is 36.4 Å². The van der Waals surface area contributed by atoms with Gasteiger partial charge in [-0.05, 0) is 47.5 Å². The van der Waals surface area contributed by atoms with Crippen molar-refractivity contribution in [3.8, 4) is 11.4 Å². The average Bonchev–Trinajstić information content (AvgIpc) is 3.05. The van der Waals surface area contributed by atoms with Gasteiger partial charge in [-0.3, -0.25) is 0 Å². The Balaban J connectivity index is 1.75. The summed E-state index contributed by atoms with van der Waals surface area (Å²) in [6.45, 7) is 0. The number of hydrogen-bond donors (Lipinski definition) is 2. The molecule has 0 aliphatic heterocycles. The van der Waals surface area contributed by atoms with Gasteiger partial charge in [0, 0.05) is 5.39 Å². The first kappa shape index (κ1) is 14.5. The molecule has 0 bridgehead atoms. The van der Waals surface area contributed by atoms with E-state index >= 15 is 0 Å². The lowest BCUT2D eigenvalue weighted by atomic mass is 10.0. The minimum Gasteiger partial charge on any atom is -0.508 e. The third-order valence-electron chi connectivity index (χ3n) is 4.09. The molecule has 0 saturated carbocycles. The Morgan fingerprint density at radius 3 is 2.42 bits per heavy atom. The van der Waals surface area contributed by atoms with Crippen LogP contribution < -0.4 is 0 Å². The number of hydrogen-bond acceptors (Lipinski definition) is 3. The largest absolute Gasteiger partial charge is 0.508 e. The fourth-order valence-corrected chi connectivity index (χ4v) is 2.88. The molecule has 4 aromatic rings. The van der Waals surface area contributed by atoms with Gasteiger partial charge in [0.05, 0.1) is 17.4 Å². The third-order valence-corrected chi connectivity index (χ3v) is 4.09. The van der Waals surface area contributed by atoms with Crippen LogP contribution in [0.5, 0.6) is 5.75 Å². The number of aromatic hydroxyl groups is 1. The molecule has 1 aromatic heterocycles. The molecule has 0 saturated heterocycles. The van der Waals surface area contributed by atoms with E-state index in [4.69, 9.17) is 0 Å². The summed E-state index contributed by atoms with van der Waals surface area (Å²) in [5.41, 5.74) is 3.40. The van der Waals surface area contributed by atoms with Crippen LogP contribution in [0.4, 0.5) is 0 Å². The van der Waals surface area contributed by atoms with E-state index in [9.17, 15) is 10.2 Å². The quantitative estimate of drug-likeness (QED) is 0.604. The summed E-state index contributed by atoms with van der Waals surface area (Å²) in [6, 6.07) is 22.4. The van der Waals surface area contributed by atoms with Crippen molar-refractivity contribution in [2.24, 2.45) is 0 Å². The number of fused-ring (bicyclic) bond motifs is 1. The lowest BCUT2D eigenvalue weighted by Gasteiger charge is -2.12. The topological polar surface area (TPSA) is 58.3 Å². The first-order chi connectivity index (χ1) is 11.7. The summed E-state index contributed by atoms with van der Waals surface area (Å²) in [6.07, 6.45) is 1.00. The van der Waals surface area contributed by atoms with Crippen LogP contribution in [-0.4, -0.2) is 20.0 Å². The number of nitrogens with zero attached hydrogens (tertiary/aromatic N) is 2. The summed E-state index contributed by atoms with van der Waals surface area (Å²) in [4.78, 5) is 0. The van der Waals surface area contributed by atoms with E-state index in [1.165, 1.54) is 0 Å². The summed E-state index contributed by atoms with van der Waals surface area (Å²) in [5.74, 6) is 0.143. The van der Waals surface area contributed by atoms with Crippen molar-refractivity contribution in [2.45, 2.75) is 6.10 Å². The number of rotatable bonds is 3. The molecular formula is C20H16N2O2. The van der Waals surface area contributed by atoms with Crippen LogP contribution in [-0.2, 0) is 0 Å². The Hall–Kier alpha value is -3.11. The fraction of sp³-hybridized carbons (Fsp3) is 0.0500. The second kappa shape index (κ2) is 5.83. The highest BCUT2D eigenvalue weighted by atomic mass is 16.3. The van der Waals surface area contributed by atoms with Crippen molar-refractivity contribution < 1.29 is 10.2 Å². The van der Waals surface area contributed by atoms with E-state index in [0.717, 1.165) is 22.2 Å². The summed E-state index contributed by atoms with van der Waals surface area (Å²) >= 11 is 0. The van der Waals surface area contributed by atoms with Crippen molar-refractivity contribution in [1.82, 2.24) is 9.78 Å². The van der Waals surface area contributed by atoms with Crippen LogP contribution in [0.3, 0.4) is 0 Å². The van der Waals surface area contributed by atoms with Crippen molar-refractivity contribution in [2.75, 3.05) is 0 Å². The Kier molecular flexibility index (Phi) is 3.52. The van der Waals surface area contributed by atoms with E-state index in [-0.39, 0.29) is 5.75 Å². The third kappa shape index (κ3) is 2.53. The summed E-state index contributed by atoms with van der Waals surface area (Å²) in [5, 5.41) is 25.5. The van der Waals surface area contributed by atoms with Crippen molar-refractivity contribution in [1.29, 1.82) is 0 Å². The molecule has 0 radical (unpaired) electrons. The number of para-hydroxylation sites is 1. The number of benzene rings is 3. The number of phenols is 1. The zero-order valence-corrected chi connectivity index (χ0v) is 12.9. The number of aliphatic hydroxyl groups excluding tert-OH is 1. The second-order valence-electron chi connectivity index (χ2n) is 5.71. The van der Waals surface area contributed by atoms with Crippen molar-refractivity contribution >= 4 is 10.9 Å². The highest BCUT2D eigenvalue weighted by Crippen LogP contribution is 2.28. The maximum absolute atomic E-state index is 10.6. The molecule has 2 N–H and O–H groups in total. The highest BCUT2D eigenvalue weighted by molar-refractivity contribution is 5.81. The molecule has 1 atom stereocenters.